The molecule has 7 heteroatoms. The standard InChI is InChI=1S/C16H12BrF3O2S/c1-11(23(21,22)14-5-3-2-4-6-14)15(16(18,19)20)12-7-9-13(17)10-8-12/h2-10H,1H3/b15-11+. The number of halogens is 4. The van der Waals surface area contributed by atoms with E-state index >= 15 is 0 Å². The Hall–Kier alpha value is -1.60. The molecule has 2 aromatic carbocycles. The van der Waals surface area contributed by atoms with E-state index in [2.05, 4.69) is 15.9 Å². The summed E-state index contributed by atoms with van der Waals surface area (Å²) >= 11 is 3.14. The molecular weight excluding hydrogens is 393 g/mol. The largest absolute Gasteiger partial charge is 0.417 e. The summed E-state index contributed by atoms with van der Waals surface area (Å²) in [4.78, 5) is -0.894. The summed E-state index contributed by atoms with van der Waals surface area (Å²) in [5, 5.41) is 0. The predicted molar refractivity (Wildman–Crippen MR) is 86.4 cm³/mol. The lowest BCUT2D eigenvalue weighted by atomic mass is 10.1. The van der Waals surface area contributed by atoms with Gasteiger partial charge in [-0.3, -0.25) is 0 Å². The van der Waals surface area contributed by atoms with Crippen molar-refractivity contribution in [3.63, 3.8) is 0 Å². The fourth-order valence-electron chi connectivity index (χ4n) is 2.09. The Morgan fingerprint density at radius 1 is 0.957 bits per heavy atom. The second-order valence-corrected chi connectivity index (χ2v) is 7.76. The second kappa shape index (κ2) is 6.49. The van der Waals surface area contributed by atoms with E-state index in [1.807, 2.05) is 0 Å². The molecule has 0 amide bonds. The fraction of sp³-hybridized carbons (Fsp3) is 0.125. The van der Waals surface area contributed by atoms with E-state index in [4.69, 9.17) is 0 Å². The van der Waals surface area contributed by atoms with Crippen LogP contribution in [0, 0.1) is 0 Å². The fourth-order valence-corrected chi connectivity index (χ4v) is 3.73. The average molecular weight is 405 g/mol. The van der Waals surface area contributed by atoms with Crippen molar-refractivity contribution in [3.8, 4) is 0 Å². The van der Waals surface area contributed by atoms with Crippen LogP contribution < -0.4 is 0 Å². The predicted octanol–water partition coefficient (Wildman–Crippen LogP) is 5.22. The SMILES string of the molecule is C/C(=C(/c1ccc(Br)cc1)C(F)(F)F)S(=O)(=O)c1ccccc1. The van der Waals surface area contributed by atoms with Crippen LogP contribution in [0.3, 0.4) is 0 Å². The molecule has 0 radical (unpaired) electrons. The van der Waals surface area contributed by atoms with Gasteiger partial charge in [-0.15, -0.1) is 0 Å². The molecule has 0 saturated carbocycles. The van der Waals surface area contributed by atoms with E-state index in [0.29, 0.717) is 4.47 Å². The van der Waals surface area contributed by atoms with E-state index in [1.54, 1.807) is 6.07 Å². The van der Waals surface area contributed by atoms with E-state index in [1.165, 1.54) is 48.5 Å². The molecule has 0 spiro atoms. The van der Waals surface area contributed by atoms with Crippen LogP contribution >= 0.6 is 15.9 Å². The van der Waals surface area contributed by atoms with Gasteiger partial charge in [-0.1, -0.05) is 46.3 Å². The zero-order valence-electron chi connectivity index (χ0n) is 11.9. The number of alkyl halides is 3. The van der Waals surface area contributed by atoms with Crippen molar-refractivity contribution in [1.82, 2.24) is 0 Å². The highest BCUT2D eigenvalue weighted by atomic mass is 79.9. The van der Waals surface area contributed by atoms with Gasteiger partial charge in [0, 0.05) is 4.47 Å². The van der Waals surface area contributed by atoms with E-state index in [9.17, 15) is 21.6 Å². The van der Waals surface area contributed by atoms with Gasteiger partial charge in [-0.2, -0.15) is 13.2 Å². The smallest absolute Gasteiger partial charge is 0.219 e. The molecule has 0 aromatic heterocycles. The van der Waals surface area contributed by atoms with Crippen LogP contribution in [0.5, 0.6) is 0 Å². The van der Waals surface area contributed by atoms with Crippen LogP contribution in [0.1, 0.15) is 12.5 Å². The first-order valence-electron chi connectivity index (χ1n) is 6.48. The molecule has 0 unspecified atom stereocenters. The highest BCUT2D eigenvalue weighted by Gasteiger charge is 2.39. The third-order valence-electron chi connectivity index (χ3n) is 3.23. The average Bonchev–Trinajstić information content (AvgIpc) is 2.49. The van der Waals surface area contributed by atoms with Crippen molar-refractivity contribution in [2.24, 2.45) is 0 Å². The van der Waals surface area contributed by atoms with Gasteiger partial charge in [0.1, 0.15) is 0 Å². The lowest BCUT2D eigenvalue weighted by Crippen LogP contribution is -2.16. The molecule has 0 saturated heterocycles. The summed E-state index contributed by atoms with van der Waals surface area (Å²) in [5.74, 6) is 0. The van der Waals surface area contributed by atoms with Gasteiger partial charge in [0.15, 0.2) is 0 Å². The minimum Gasteiger partial charge on any atom is -0.219 e. The zero-order valence-corrected chi connectivity index (χ0v) is 14.3. The molecule has 0 fully saturated rings. The van der Waals surface area contributed by atoms with Crippen molar-refractivity contribution >= 4 is 31.3 Å². The molecule has 2 nitrogen and oxygen atoms in total. The van der Waals surface area contributed by atoms with Crippen molar-refractivity contribution in [2.75, 3.05) is 0 Å². The maximum Gasteiger partial charge on any atom is 0.417 e. The Morgan fingerprint density at radius 3 is 1.96 bits per heavy atom. The summed E-state index contributed by atoms with van der Waals surface area (Å²) in [6.45, 7) is 0.979. The first-order valence-corrected chi connectivity index (χ1v) is 8.76. The van der Waals surface area contributed by atoms with Crippen LogP contribution in [0.2, 0.25) is 0 Å². The van der Waals surface area contributed by atoms with Gasteiger partial charge in [0.05, 0.1) is 15.4 Å². The number of sulfone groups is 1. The van der Waals surface area contributed by atoms with Crippen LogP contribution in [0.4, 0.5) is 13.2 Å². The number of hydrogen-bond donors (Lipinski definition) is 0. The maximum atomic E-state index is 13.5. The molecule has 0 aliphatic carbocycles. The Balaban J connectivity index is 2.71. The van der Waals surface area contributed by atoms with Gasteiger partial charge < -0.3 is 0 Å². The summed E-state index contributed by atoms with van der Waals surface area (Å²) in [7, 11) is -4.23. The number of allylic oxidation sites excluding steroid dienone is 2. The van der Waals surface area contributed by atoms with Crippen LogP contribution in [0.25, 0.3) is 5.57 Å². The van der Waals surface area contributed by atoms with Crippen molar-refractivity contribution < 1.29 is 21.6 Å². The van der Waals surface area contributed by atoms with Crippen LogP contribution in [0.15, 0.2) is 68.9 Å². The van der Waals surface area contributed by atoms with Crippen molar-refractivity contribution in [3.05, 3.63) is 69.5 Å². The minimum atomic E-state index is -4.79. The first-order chi connectivity index (χ1) is 10.6. The quantitative estimate of drug-likeness (QED) is 0.702. The van der Waals surface area contributed by atoms with Crippen molar-refractivity contribution in [1.29, 1.82) is 0 Å². The third kappa shape index (κ3) is 3.84. The minimum absolute atomic E-state index is 0.170. The maximum absolute atomic E-state index is 13.5. The number of benzene rings is 2. The summed E-state index contributed by atoms with van der Waals surface area (Å²) in [6, 6.07) is 12.4. The third-order valence-corrected chi connectivity index (χ3v) is 5.66. The Bertz CT molecular complexity index is 824. The molecule has 2 aromatic rings. The highest BCUT2D eigenvalue weighted by Crippen LogP contribution is 2.39. The van der Waals surface area contributed by atoms with Gasteiger partial charge in [-0.25, -0.2) is 8.42 Å². The Kier molecular flexibility index (Phi) is 5.01. The van der Waals surface area contributed by atoms with Gasteiger partial charge in [0.25, 0.3) is 0 Å². The lowest BCUT2D eigenvalue weighted by Gasteiger charge is -2.16. The van der Waals surface area contributed by atoms with Gasteiger partial charge >= 0.3 is 6.18 Å². The number of rotatable bonds is 3. The molecule has 2 rings (SSSR count). The Labute approximate surface area is 140 Å². The summed E-state index contributed by atoms with van der Waals surface area (Å²) in [5.41, 5.74) is -1.36. The van der Waals surface area contributed by atoms with Crippen LogP contribution in [-0.4, -0.2) is 14.6 Å². The van der Waals surface area contributed by atoms with E-state index in [0.717, 1.165) is 6.92 Å². The normalized spacial score (nSPS) is 13.6. The van der Waals surface area contributed by atoms with Gasteiger partial charge in [-0.05, 0) is 36.8 Å². The molecule has 0 atom stereocenters. The number of hydrogen-bond acceptors (Lipinski definition) is 2. The molecule has 23 heavy (non-hydrogen) atoms. The molecule has 122 valence electrons. The topological polar surface area (TPSA) is 34.1 Å². The summed E-state index contributed by atoms with van der Waals surface area (Å²) in [6.07, 6.45) is -4.79. The van der Waals surface area contributed by atoms with Gasteiger partial charge in [0.2, 0.25) is 9.84 Å². The molecule has 0 bridgehead atoms. The lowest BCUT2D eigenvalue weighted by molar-refractivity contribution is -0.0691. The molecule has 0 N–H and O–H groups in total. The molecule has 0 aliphatic heterocycles. The molecule has 0 heterocycles. The van der Waals surface area contributed by atoms with Crippen molar-refractivity contribution in [2.45, 2.75) is 18.0 Å². The molecular formula is C16H12BrF3O2S. The van der Waals surface area contributed by atoms with E-state index in [-0.39, 0.29) is 10.5 Å². The highest BCUT2D eigenvalue weighted by molar-refractivity contribution is 9.10. The monoisotopic (exact) mass is 404 g/mol. The summed E-state index contributed by atoms with van der Waals surface area (Å²) < 4.78 is 66.0. The first kappa shape index (κ1) is 17.7. The molecule has 0 aliphatic rings. The Morgan fingerprint density at radius 2 is 1.48 bits per heavy atom. The van der Waals surface area contributed by atoms with E-state index < -0.39 is 26.5 Å². The van der Waals surface area contributed by atoms with Crippen LogP contribution in [-0.2, 0) is 9.84 Å². The second-order valence-electron chi connectivity index (χ2n) is 4.75. The zero-order chi connectivity index (χ0) is 17.3.